The van der Waals surface area contributed by atoms with Gasteiger partial charge in [-0.1, -0.05) is 6.92 Å². The van der Waals surface area contributed by atoms with Gasteiger partial charge < -0.3 is 4.74 Å². The largest absolute Gasteiger partial charge is 0.461 e. The van der Waals surface area contributed by atoms with Gasteiger partial charge in [0.05, 0.1) is 11.8 Å². The first-order valence-electron chi connectivity index (χ1n) is 6.29. The number of hydrogen-bond acceptors (Lipinski definition) is 3. The lowest BCUT2D eigenvalue weighted by molar-refractivity contribution is -0.157. The molecule has 3 nitrogen and oxygen atoms in total. The Morgan fingerprint density at radius 1 is 1.12 bits per heavy atom. The summed E-state index contributed by atoms with van der Waals surface area (Å²) in [6, 6.07) is 0. The van der Waals surface area contributed by atoms with E-state index in [1.54, 1.807) is 6.92 Å². The molecule has 0 aromatic carbocycles. The number of carbonyl (C=O) groups excluding carboxylic acids is 2. The Balaban J connectivity index is 1.96. The molecule has 2 fully saturated rings. The van der Waals surface area contributed by atoms with Gasteiger partial charge in [-0.15, -0.1) is 0 Å². The fourth-order valence-electron chi connectivity index (χ4n) is 2.49. The van der Waals surface area contributed by atoms with Gasteiger partial charge >= 0.3 is 5.97 Å². The quantitative estimate of drug-likeness (QED) is 0.691. The summed E-state index contributed by atoms with van der Waals surface area (Å²) in [5.41, 5.74) is 0. The highest BCUT2D eigenvalue weighted by molar-refractivity contribution is 5.80. The van der Waals surface area contributed by atoms with Gasteiger partial charge in [0.25, 0.3) is 0 Å². The molecule has 2 aliphatic rings. The van der Waals surface area contributed by atoms with Gasteiger partial charge in [-0.05, 0) is 44.9 Å². The molecule has 90 valence electrons. The Hall–Kier alpha value is -0.860. The second-order valence-corrected chi connectivity index (χ2v) is 5.38. The van der Waals surface area contributed by atoms with Gasteiger partial charge in [0.15, 0.2) is 0 Å². The maximum absolute atomic E-state index is 11.6. The normalized spacial score (nSPS) is 34.5. The molecule has 0 bridgehead atoms. The number of esters is 1. The van der Waals surface area contributed by atoms with Crippen LogP contribution in [0.3, 0.4) is 0 Å². The Labute approximate surface area is 96.5 Å². The first-order chi connectivity index (χ1) is 7.58. The average Bonchev–Trinajstić information content (AvgIpc) is 2.99. The van der Waals surface area contributed by atoms with Gasteiger partial charge in [0.2, 0.25) is 0 Å². The highest BCUT2D eigenvalue weighted by atomic mass is 16.5. The Morgan fingerprint density at radius 3 is 2.38 bits per heavy atom. The van der Waals surface area contributed by atoms with Crippen LogP contribution >= 0.6 is 0 Å². The smallest absolute Gasteiger partial charge is 0.309 e. The molecule has 0 N–H and O–H groups in total. The van der Waals surface area contributed by atoms with Crippen molar-refractivity contribution in [2.24, 2.45) is 17.8 Å². The molecule has 0 saturated heterocycles. The van der Waals surface area contributed by atoms with Gasteiger partial charge in [-0.25, -0.2) is 0 Å². The molecule has 0 aromatic heterocycles. The summed E-state index contributed by atoms with van der Waals surface area (Å²) < 4.78 is 5.50. The van der Waals surface area contributed by atoms with Crippen LogP contribution in [0.25, 0.3) is 0 Å². The van der Waals surface area contributed by atoms with Crippen LogP contribution in [0.15, 0.2) is 0 Å². The number of ketones is 1. The van der Waals surface area contributed by atoms with Crippen molar-refractivity contribution in [3.63, 3.8) is 0 Å². The van der Waals surface area contributed by atoms with Gasteiger partial charge in [-0.2, -0.15) is 0 Å². The molecule has 2 rings (SSSR count). The van der Waals surface area contributed by atoms with E-state index in [2.05, 4.69) is 6.92 Å². The minimum absolute atomic E-state index is 0.0566. The van der Waals surface area contributed by atoms with Crippen LogP contribution < -0.4 is 0 Å². The molecular weight excluding hydrogens is 204 g/mol. The van der Waals surface area contributed by atoms with Gasteiger partial charge in [0, 0.05) is 0 Å². The maximum atomic E-state index is 11.6. The highest BCUT2D eigenvalue weighted by Crippen LogP contribution is 2.35. The molecule has 0 radical (unpaired) electrons. The van der Waals surface area contributed by atoms with Crippen LogP contribution in [0.1, 0.15) is 46.0 Å². The Bertz CT molecular complexity index is 294. The molecule has 0 unspecified atom stereocenters. The number of carbonyl (C=O) groups is 2. The van der Waals surface area contributed by atoms with E-state index < -0.39 is 0 Å². The molecule has 2 saturated carbocycles. The van der Waals surface area contributed by atoms with E-state index in [0.717, 1.165) is 32.1 Å². The van der Waals surface area contributed by atoms with Gasteiger partial charge in [0.1, 0.15) is 11.9 Å². The van der Waals surface area contributed by atoms with Crippen molar-refractivity contribution in [1.29, 1.82) is 0 Å². The van der Waals surface area contributed by atoms with Crippen molar-refractivity contribution in [2.75, 3.05) is 0 Å². The second-order valence-electron chi connectivity index (χ2n) is 5.38. The summed E-state index contributed by atoms with van der Waals surface area (Å²) >= 11 is 0. The predicted molar refractivity (Wildman–Crippen MR) is 59.8 cm³/mol. The van der Waals surface area contributed by atoms with E-state index in [-0.39, 0.29) is 29.7 Å². The van der Waals surface area contributed by atoms with Crippen LogP contribution in [0.2, 0.25) is 0 Å². The van der Waals surface area contributed by atoms with Crippen LogP contribution in [0, 0.1) is 17.8 Å². The SMILES string of the molecule is CC(=O)[C@@H]1CC[C@@H](C)C[C@H]1OC(=O)C1CC1. The first kappa shape index (κ1) is 11.6. The van der Waals surface area contributed by atoms with E-state index in [9.17, 15) is 9.59 Å². The second kappa shape index (κ2) is 4.56. The molecule has 0 spiro atoms. The zero-order chi connectivity index (χ0) is 11.7. The number of ether oxygens (including phenoxy) is 1. The molecule has 0 aromatic rings. The fourth-order valence-corrected chi connectivity index (χ4v) is 2.49. The monoisotopic (exact) mass is 224 g/mol. The Morgan fingerprint density at radius 2 is 1.81 bits per heavy atom. The molecule has 16 heavy (non-hydrogen) atoms. The molecule has 0 heterocycles. The summed E-state index contributed by atoms with van der Waals surface area (Å²) in [6.45, 7) is 3.77. The maximum Gasteiger partial charge on any atom is 0.309 e. The highest BCUT2D eigenvalue weighted by Gasteiger charge is 2.38. The van der Waals surface area contributed by atoms with Crippen LogP contribution in [-0.2, 0) is 14.3 Å². The number of hydrogen-bond donors (Lipinski definition) is 0. The van der Waals surface area contributed by atoms with Crippen molar-refractivity contribution >= 4 is 11.8 Å². The lowest BCUT2D eigenvalue weighted by Gasteiger charge is -2.32. The number of rotatable bonds is 3. The van der Waals surface area contributed by atoms with Crippen molar-refractivity contribution in [3.8, 4) is 0 Å². The third-order valence-corrected chi connectivity index (χ3v) is 3.75. The zero-order valence-electron chi connectivity index (χ0n) is 10.1. The van der Waals surface area contributed by atoms with Crippen LogP contribution in [0.4, 0.5) is 0 Å². The van der Waals surface area contributed by atoms with Crippen molar-refractivity contribution < 1.29 is 14.3 Å². The predicted octanol–water partition coefficient (Wildman–Crippen LogP) is 2.33. The molecular formula is C13H20O3. The fraction of sp³-hybridized carbons (Fsp3) is 0.846. The van der Waals surface area contributed by atoms with Gasteiger partial charge in [-0.3, -0.25) is 9.59 Å². The van der Waals surface area contributed by atoms with E-state index in [1.165, 1.54) is 0 Å². The molecule has 0 aliphatic heterocycles. The molecule has 3 heteroatoms. The zero-order valence-corrected chi connectivity index (χ0v) is 10.1. The molecule has 2 aliphatic carbocycles. The van der Waals surface area contributed by atoms with Crippen molar-refractivity contribution in [1.82, 2.24) is 0 Å². The first-order valence-corrected chi connectivity index (χ1v) is 6.29. The van der Waals surface area contributed by atoms with E-state index in [4.69, 9.17) is 4.74 Å². The van der Waals surface area contributed by atoms with Crippen LogP contribution in [-0.4, -0.2) is 17.9 Å². The summed E-state index contributed by atoms with van der Waals surface area (Å²) in [5.74, 6) is 0.724. The summed E-state index contributed by atoms with van der Waals surface area (Å²) in [7, 11) is 0. The average molecular weight is 224 g/mol. The lowest BCUT2D eigenvalue weighted by Crippen LogP contribution is -2.37. The van der Waals surface area contributed by atoms with Crippen molar-refractivity contribution in [3.05, 3.63) is 0 Å². The third-order valence-electron chi connectivity index (χ3n) is 3.75. The standard InChI is InChI=1S/C13H20O3/c1-8-3-6-11(9(2)14)12(7-8)16-13(15)10-4-5-10/h8,10-12H,3-7H2,1-2H3/t8-,11+,12-/m1/s1. The van der Waals surface area contributed by atoms with Crippen LogP contribution in [0.5, 0.6) is 0 Å². The summed E-state index contributed by atoms with van der Waals surface area (Å²) in [6.07, 6.45) is 4.57. The topological polar surface area (TPSA) is 43.4 Å². The van der Waals surface area contributed by atoms with E-state index in [1.807, 2.05) is 0 Å². The Kier molecular flexibility index (Phi) is 3.31. The lowest BCUT2D eigenvalue weighted by atomic mass is 9.79. The molecule has 3 atom stereocenters. The van der Waals surface area contributed by atoms with Crippen molar-refractivity contribution in [2.45, 2.75) is 52.1 Å². The minimum atomic E-state index is -0.158. The third kappa shape index (κ3) is 2.63. The number of Topliss-reactive ketones (excluding diaryl/α,β-unsaturated/α-hetero) is 1. The summed E-state index contributed by atoms with van der Waals surface area (Å²) in [5, 5.41) is 0. The minimum Gasteiger partial charge on any atom is -0.461 e. The molecule has 0 amide bonds. The summed E-state index contributed by atoms with van der Waals surface area (Å²) in [4.78, 5) is 23.1. The van der Waals surface area contributed by atoms with E-state index >= 15 is 0 Å². The van der Waals surface area contributed by atoms with E-state index in [0.29, 0.717) is 5.92 Å².